The van der Waals surface area contributed by atoms with E-state index in [0.717, 1.165) is 16.9 Å². The summed E-state index contributed by atoms with van der Waals surface area (Å²) in [5.74, 6) is -0.706. The molecule has 0 atom stereocenters. The fourth-order valence-electron chi connectivity index (χ4n) is 2.19. The van der Waals surface area contributed by atoms with E-state index in [0.29, 0.717) is 22.0 Å². The predicted molar refractivity (Wildman–Crippen MR) is 93.3 cm³/mol. The van der Waals surface area contributed by atoms with Crippen molar-refractivity contribution in [1.82, 2.24) is 5.32 Å². The molecule has 0 saturated heterocycles. The van der Waals surface area contributed by atoms with Gasteiger partial charge in [-0.05, 0) is 48.4 Å². The molecule has 0 bridgehead atoms. The Hall–Kier alpha value is -2.93. The highest BCUT2D eigenvalue weighted by atomic mass is 32.1. The smallest absolute Gasteiger partial charge is 0.291 e. The molecule has 2 aromatic heterocycles. The number of carbonyl (C=O) groups excluding carboxylic acids is 2. The molecule has 0 unspecified atom stereocenters. The van der Waals surface area contributed by atoms with Crippen LogP contribution >= 0.6 is 11.3 Å². The maximum Gasteiger partial charge on any atom is 0.291 e. The minimum Gasteiger partial charge on any atom is -0.459 e. The number of hydrogen-bond acceptors (Lipinski definition) is 4. The number of anilines is 1. The van der Waals surface area contributed by atoms with E-state index < -0.39 is 0 Å². The molecule has 128 valence electrons. The molecular weight excluding hydrogens is 343 g/mol. The van der Waals surface area contributed by atoms with Crippen molar-refractivity contribution in [2.75, 3.05) is 5.32 Å². The van der Waals surface area contributed by atoms with Gasteiger partial charge in [-0.25, -0.2) is 4.39 Å². The number of thiophene rings is 1. The monoisotopic (exact) mass is 358 g/mol. The second-order valence-corrected chi connectivity index (χ2v) is 6.45. The second-order valence-electron chi connectivity index (χ2n) is 5.36. The Balaban J connectivity index is 1.58. The lowest BCUT2D eigenvalue weighted by Crippen LogP contribution is -2.21. The van der Waals surface area contributed by atoms with E-state index in [-0.39, 0.29) is 23.4 Å². The standard InChI is InChI=1S/C18H15FN2O3S/c1-11-9-12(4-5-13(11)19)10-20-18(23)15-6-7-16(25-15)21-17(22)14-3-2-8-24-14/h2-9H,10H2,1H3,(H,20,23)(H,21,22). The van der Waals surface area contributed by atoms with E-state index in [4.69, 9.17) is 4.42 Å². The summed E-state index contributed by atoms with van der Waals surface area (Å²) in [5, 5.41) is 5.99. The Morgan fingerprint density at radius 3 is 2.72 bits per heavy atom. The molecule has 7 heteroatoms. The van der Waals surface area contributed by atoms with Crippen molar-refractivity contribution in [3.8, 4) is 0 Å². The molecule has 1 aromatic carbocycles. The molecule has 0 aliphatic rings. The van der Waals surface area contributed by atoms with Crippen LogP contribution in [0.25, 0.3) is 0 Å². The lowest BCUT2D eigenvalue weighted by molar-refractivity contribution is 0.0953. The van der Waals surface area contributed by atoms with Gasteiger partial charge in [-0.3, -0.25) is 9.59 Å². The summed E-state index contributed by atoms with van der Waals surface area (Å²) in [6.45, 7) is 1.97. The number of nitrogens with one attached hydrogen (secondary N) is 2. The van der Waals surface area contributed by atoms with E-state index in [9.17, 15) is 14.0 Å². The van der Waals surface area contributed by atoms with Gasteiger partial charge in [-0.1, -0.05) is 12.1 Å². The molecule has 2 amide bonds. The normalized spacial score (nSPS) is 10.5. The first-order valence-electron chi connectivity index (χ1n) is 7.51. The number of rotatable bonds is 5. The molecule has 0 saturated carbocycles. The highest BCUT2D eigenvalue weighted by Crippen LogP contribution is 2.22. The van der Waals surface area contributed by atoms with Crippen molar-refractivity contribution in [3.63, 3.8) is 0 Å². The molecule has 0 aliphatic heterocycles. The zero-order valence-electron chi connectivity index (χ0n) is 13.3. The molecule has 5 nitrogen and oxygen atoms in total. The van der Waals surface area contributed by atoms with Crippen molar-refractivity contribution in [2.45, 2.75) is 13.5 Å². The van der Waals surface area contributed by atoms with Gasteiger partial charge in [0.05, 0.1) is 16.1 Å². The summed E-state index contributed by atoms with van der Waals surface area (Å²) in [6.07, 6.45) is 1.42. The van der Waals surface area contributed by atoms with Gasteiger partial charge in [0.15, 0.2) is 5.76 Å². The topological polar surface area (TPSA) is 71.3 Å². The Morgan fingerprint density at radius 2 is 2.00 bits per heavy atom. The van der Waals surface area contributed by atoms with Crippen LogP contribution in [0.1, 0.15) is 31.4 Å². The van der Waals surface area contributed by atoms with E-state index in [1.165, 1.54) is 12.3 Å². The summed E-state index contributed by atoms with van der Waals surface area (Å²) < 4.78 is 18.3. The van der Waals surface area contributed by atoms with Crippen LogP contribution in [0.15, 0.2) is 53.1 Å². The fraction of sp³-hybridized carbons (Fsp3) is 0.111. The van der Waals surface area contributed by atoms with Crippen molar-refractivity contribution in [1.29, 1.82) is 0 Å². The molecule has 0 aliphatic carbocycles. The van der Waals surface area contributed by atoms with Gasteiger partial charge in [0.2, 0.25) is 0 Å². The third-order valence-electron chi connectivity index (χ3n) is 3.49. The van der Waals surface area contributed by atoms with Crippen LogP contribution in [0.4, 0.5) is 9.39 Å². The van der Waals surface area contributed by atoms with E-state index in [2.05, 4.69) is 10.6 Å². The predicted octanol–water partition coefficient (Wildman–Crippen LogP) is 3.97. The Labute approximate surface area is 147 Å². The van der Waals surface area contributed by atoms with Gasteiger partial charge in [-0.15, -0.1) is 11.3 Å². The maximum absolute atomic E-state index is 13.2. The number of benzene rings is 1. The lowest BCUT2D eigenvalue weighted by Gasteiger charge is -2.05. The van der Waals surface area contributed by atoms with Crippen LogP contribution in [-0.2, 0) is 6.54 Å². The Bertz CT molecular complexity index is 903. The van der Waals surface area contributed by atoms with E-state index in [1.54, 1.807) is 43.3 Å². The summed E-state index contributed by atoms with van der Waals surface area (Å²) in [4.78, 5) is 24.6. The van der Waals surface area contributed by atoms with Crippen LogP contribution in [0, 0.1) is 12.7 Å². The quantitative estimate of drug-likeness (QED) is 0.725. The lowest BCUT2D eigenvalue weighted by atomic mass is 10.1. The number of aryl methyl sites for hydroxylation is 1. The van der Waals surface area contributed by atoms with E-state index in [1.807, 2.05) is 0 Å². The molecule has 3 rings (SSSR count). The van der Waals surface area contributed by atoms with E-state index >= 15 is 0 Å². The highest BCUT2D eigenvalue weighted by Gasteiger charge is 2.13. The van der Waals surface area contributed by atoms with Crippen molar-refractivity contribution in [3.05, 3.63) is 76.3 Å². The summed E-state index contributed by atoms with van der Waals surface area (Å²) >= 11 is 1.16. The van der Waals surface area contributed by atoms with Crippen molar-refractivity contribution in [2.24, 2.45) is 0 Å². The van der Waals surface area contributed by atoms with Crippen LogP contribution in [-0.4, -0.2) is 11.8 Å². The molecule has 2 heterocycles. The van der Waals surface area contributed by atoms with Crippen LogP contribution in [0.2, 0.25) is 0 Å². The van der Waals surface area contributed by atoms with Gasteiger partial charge in [0.1, 0.15) is 5.82 Å². The number of furan rings is 1. The molecule has 0 spiro atoms. The fourth-order valence-corrected chi connectivity index (χ4v) is 3.01. The molecular formula is C18H15FN2O3S. The van der Waals surface area contributed by atoms with Gasteiger partial charge in [0.25, 0.3) is 11.8 Å². The average molecular weight is 358 g/mol. The number of amides is 2. The second kappa shape index (κ2) is 7.31. The summed E-state index contributed by atoms with van der Waals surface area (Å²) in [6, 6.07) is 11.2. The third-order valence-corrected chi connectivity index (χ3v) is 4.49. The van der Waals surface area contributed by atoms with Crippen molar-refractivity contribution >= 4 is 28.2 Å². The Morgan fingerprint density at radius 1 is 1.16 bits per heavy atom. The summed E-state index contributed by atoms with van der Waals surface area (Å²) in [7, 11) is 0. The number of hydrogen-bond donors (Lipinski definition) is 2. The van der Waals surface area contributed by atoms with Gasteiger partial charge in [-0.2, -0.15) is 0 Å². The van der Waals surface area contributed by atoms with Gasteiger partial charge in [0, 0.05) is 6.54 Å². The molecule has 25 heavy (non-hydrogen) atoms. The van der Waals surface area contributed by atoms with Crippen LogP contribution in [0.3, 0.4) is 0 Å². The van der Waals surface area contributed by atoms with Crippen LogP contribution < -0.4 is 10.6 Å². The molecule has 0 radical (unpaired) electrons. The maximum atomic E-state index is 13.2. The first kappa shape index (κ1) is 16.9. The van der Waals surface area contributed by atoms with Gasteiger partial charge >= 0.3 is 0 Å². The summed E-state index contributed by atoms with van der Waals surface area (Å²) in [5.41, 5.74) is 1.35. The SMILES string of the molecule is Cc1cc(CNC(=O)c2ccc(NC(=O)c3ccco3)s2)ccc1F. The van der Waals surface area contributed by atoms with Crippen LogP contribution in [0.5, 0.6) is 0 Å². The number of carbonyl (C=O) groups is 2. The number of halogens is 1. The van der Waals surface area contributed by atoms with Gasteiger partial charge < -0.3 is 15.1 Å². The first-order valence-corrected chi connectivity index (χ1v) is 8.32. The van der Waals surface area contributed by atoms with Crippen molar-refractivity contribution < 1.29 is 18.4 Å². The largest absolute Gasteiger partial charge is 0.459 e. The Kier molecular flexibility index (Phi) is 4.95. The minimum absolute atomic E-state index is 0.200. The minimum atomic E-state index is -0.374. The first-order chi connectivity index (χ1) is 12.0. The molecule has 2 N–H and O–H groups in total. The molecule has 0 fully saturated rings. The average Bonchev–Trinajstić information content (AvgIpc) is 3.27. The zero-order valence-corrected chi connectivity index (χ0v) is 14.2. The highest BCUT2D eigenvalue weighted by molar-refractivity contribution is 7.18. The zero-order chi connectivity index (χ0) is 17.8. The molecule has 3 aromatic rings. The third kappa shape index (κ3) is 4.13.